The van der Waals surface area contributed by atoms with Crippen LogP contribution in [-0.4, -0.2) is 42.5 Å². The summed E-state index contributed by atoms with van der Waals surface area (Å²) in [5.41, 5.74) is 7.20. The molecule has 0 aliphatic carbocycles. The molecule has 2 N–H and O–H groups in total. The monoisotopic (exact) mass is 463 g/mol. The lowest BCUT2D eigenvalue weighted by Crippen LogP contribution is -2.28. The smallest absolute Gasteiger partial charge is 0.421 e. The molecule has 0 unspecified atom stereocenters. The largest absolute Gasteiger partial charge is 0.443 e. The quantitative estimate of drug-likeness (QED) is 0.396. The molecule has 0 saturated heterocycles. The molecule has 9 nitrogen and oxygen atoms in total. The number of fused-ring (bicyclic) bond motifs is 2. The molecule has 0 bridgehead atoms. The van der Waals surface area contributed by atoms with Crippen LogP contribution in [0, 0.1) is 6.92 Å². The van der Waals surface area contributed by atoms with Crippen LogP contribution in [0.4, 0.5) is 15.4 Å². The Morgan fingerprint density at radius 1 is 0.882 bits per heavy atom. The second-order valence-electron chi connectivity index (χ2n) is 10.1. The number of carbonyl (C=O) groups is 2. The highest BCUT2D eigenvalue weighted by atomic mass is 16.6. The lowest BCUT2D eigenvalue weighted by molar-refractivity contribution is 0.0531. The first-order valence-electron chi connectivity index (χ1n) is 11.0. The average molecular weight is 464 g/mol. The zero-order valence-electron chi connectivity index (χ0n) is 20.5. The van der Waals surface area contributed by atoms with Crippen molar-refractivity contribution in [1.82, 2.24) is 19.1 Å². The lowest BCUT2D eigenvalue weighted by atomic mass is 10.1. The maximum absolute atomic E-state index is 13.3. The van der Waals surface area contributed by atoms with E-state index in [1.165, 1.54) is 9.13 Å². The molecular formula is C25H29N5O4. The van der Waals surface area contributed by atoms with Gasteiger partial charge in [-0.3, -0.25) is 0 Å². The third kappa shape index (κ3) is 4.33. The maximum Gasteiger partial charge on any atom is 0.421 e. The van der Waals surface area contributed by atoms with Gasteiger partial charge < -0.3 is 15.2 Å². The Morgan fingerprint density at radius 2 is 1.47 bits per heavy atom. The Kier molecular flexibility index (Phi) is 5.38. The van der Waals surface area contributed by atoms with Crippen LogP contribution in [0.2, 0.25) is 0 Å². The molecule has 4 rings (SSSR count). The summed E-state index contributed by atoms with van der Waals surface area (Å²) in [5, 5.41) is 0.843. The van der Waals surface area contributed by atoms with Gasteiger partial charge in [0.05, 0.1) is 11.2 Å². The predicted molar refractivity (Wildman–Crippen MR) is 131 cm³/mol. The Morgan fingerprint density at radius 3 is 2.09 bits per heavy atom. The van der Waals surface area contributed by atoms with E-state index < -0.39 is 23.4 Å². The highest BCUT2D eigenvalue weighted by molar-refractivity contribution is 6.02. The minimum Gasteiger partial charge on any atom is -0.443 e. The zero-order chi connectivity index (χ0) is 25.0. The van der Waals surface area contributed by atoms with Gasteiger partial charge in [-0.05, 0) is 66.7 Å². The predicted octanol–water partition coefficient (Wildman–Crippen LogP) is 5.51. The van der Waals surface area contributed by atoms with Gasteiger partial charge in [-0.1, -0.05) is 18.2 Å². The number of nitrogens with zero attached hydrogens (tertiary/aromatic N) is 4. The van der Waals surface area contributed by atoms with E-state index >= 15 is 0 Å². The fourth-order valence-electron chi connectivity index (χ4n) is 3.75. The van der Waals surface area contributed by atoms with Gasteiger partial charge in [-0.25, -0.2) is 28.7 Å². The number of ether oxygens (including phenoxy) is 2. The number of para-hydroxylation sites is 1. The normalized spacial score (nSPS) is 12.3. The van der Waals surface area contributed by atoms with Crippen LogP contribution in [0.25, 0.3) is 33.3 Å². The number of imidazole rings is 1. The summed E-state index contributed by atoms with van der Waals surface area (Å²) in [6.45, 7) is 12.5. The van der Waals surface area contributed by atoms with Crippen molar-refractivity contribution in [2.45, 2.75) is 59.7 Å². The maximum atomic E-state index is 13.3. The number of nitrogen functional groups attached to an aromatic ring is 1. The van der Waals surface area contributed by atoms with Crippen LogP contribution >= 0.6 is 0 Å². The van der Waals surface area contributed by atoms with E-state index in [2.05, 4.69) is 9.97 Å². The topological polar surface area (TPSA) is 114 Å². The summed E-state index contributed by atoms with van der Waals surface area (Å²) in [4.78, 5) is 35.2. The van der Waals surface area contributed by atoms with Crippen molar-refractivity contribution >= 4 is 40.1 Å². The Bertz CT molecular complexity index is 1430. The minimum atomic E-state index is -0.702. The first kappa shape index (κ1) is 23.3. The molecule has 0 radical (unpaired) electrons. The number of aryl methyl sites for hydroxylation is 1. The number of hydrogen-bond donors (Lipinski definition) is 1. The van der Waals surface area contributed by atoms with E-state index in [9.17, 15) is 9.59 Å². The Hall–Kier alpha value is -3.88. The molecule has 34 heavy (non-hydrogen) atoms. The van der Waals surface area contributed by atoms with Gasteiger partial charge in [-0.2, -0.15) is 0 Å². The SMILES string of the molecule is Cc1nc2c(-c3cc4ccccc4n3C(=O)OC(C)(C)C)cc(N)nc2n1C(=O)OC(C)(C)C. The van der Waals surface area contributed by atoms with E-state index in [4.69, 9.17) is 15.2 Å². The fourth-order valence-corrected chi connectivity index (χ4v) is 3.75. The van der Waals surface area contributed by atoms with Crippen molar-refractivity contribution in [3.63, 3.8) is 0 Å². The van der Waals surface area contributed by atoms with Crippen LogP contribution in [0.5, 0.6) is 0 Å². The van der Waals surface area contributed by atoms with Crippen molar-refractivity contribution in [2.75, 3.05) is 5.73 Å². The van der Waals surface area contributed by atoms with Crippen molar-refractivity contribution in [3.05, 3.63) is 42.2 Å². The summed E-state index contributed by atoms with van der Waals surface area (Å²) < 4.78 is 14.0. The van der Waals surface area contributed by atoms with E-state index in [0.717, 1.165) is 5.39 Å². The molecule has 3 heterocycles. The number of rotatable bonds is 1. The molecule has 1 aromatic carbocycles. The number of hydrogen-bond acceptors (Lipinski definition) is 7. The summed E-state index contributed by atoms with van der Waals surface area (Å²) in [6, 6.07) is 11.0. The molecule has 9 heteroatoms. The summed E-state index contributed by atoms with van der Waals surface area (Å²) in [5.74, 6) is 0.566. The summed E-state index contributed by atoms with van der Waals surface area (Å²) in [7, 11) is 0. The number of carbonyl (C=O) groups excluding carboxylic acids is 2. The van der Waals surface area contributed by atoms with Gasteiger partial charge in [0.25, 0.3) is 0 Å². The van der Waals surface area contributed by atoms with Crippen LogP contribution in [0.1, 0.15) is 47.4 Å². The van der Waals surface area contributed by atoms with Crippen LogP contribution in [0.3, 0.4) is 0 Å². The summed E-state index contributed by atoms with van der Waals surface area (Å²) >= 11 is 0. The lowest BCUT2D eigenvalue weighted by Gasteiger charge is -2.21. The molecule has 178 valence electrons. The third-order valence-electron chi connectivity index (χ3n) is 4.94. The standard InChI is InChI=1S/C25H29N5O4/c1-14-27-20-16(13-19(26)28-21(20)29(14)22(31)33-24(2,3)4)18-12-15-10-8-9-11-17(15)30(18)23(32)34-25(5,6)7/h8-13H,1-7H3,(H2,26,28). The molecule has 0 amide bonds. The molecule has 0 saturated carbocycles. The zero-order valence-corrected chi connectivity index (χ0v) is 20.5. The number of anilines is 1. The number of pyridine rings is 1. The average Bonchev–Trinajstić information content (AvgIpc) is 3.21. The van der Waals surface area contributed by atoms with E-state index in [-0.39, 0.29) is 11.5 Å². The van der Waals surface area contributed by atoms with E-state index in [1.807, 2.05) is 51.1 Å². The molecule has 0 aliphatic rings. The van der Waals surface area contributed by atoms with E-state index in [0.29, 0.717) is 28.1 Å². The minimum absolute atomic E-state index is 0.174. The second kappa shape index (κ2) is 7.86. The first-order valence-corrected chi connectivity index (χ1v) is 11.0. The molecule has 0 atom stereocenters. The molecule has 0 fully saturated rings. The highest BCUT2D eigenvalue weighted by Crippen LogP contribution is 2.34. The number of benzene rings is 1. The Balaban J connectivity index is 1.99. The van der Waals surface area contributed by atoms with E-state index in [1.54, 1.807) is 33.8 Å². The van der Waals surface area contributed by atoms with Gasteiger partial charge in [0, 0.05) is 10.9 Å². The van der Waals surface area contributed by atoms with Crippen molar-refractivity contribution in [2.24, 2.45) is 0 Å². The molecule has 0 aliphatic heterocycles. The molecule has 4 aromatic rings. The molecule has 3 aromatic heterocycles. The molecule has 0 spiro atoms. The number of aromatic nitrogens is 4. The molecular weight excluding hydrogens is 434 g/mol. The second-order valence-corrected chi connectivity index (χ2v) is 10.1. The van der Waals surface area contributed by atoms with Crippen molar-refractivity contribution in [3.8, 4) is 11.3 Å². The highest BCUT2D eigenvalue weighted by Gasteiger charge is 2.27. The van der Waals surface area contributed by atoms with Gasteiger partial charge >= 0.3 is 12.2 Å². The van der Waals surface area contributed by atoms with Crippen LogP contribution < -0.4 is 5.73 Å². The fraction of sp³-hybridized carbons (Fsp3) is 0.360. The first-order chi connectivity index (χ1) is 15.7. The third-order valence-corrected chi connectivity index (χ3v) is 4.94. The van der Waals surface area contributed by atoms with Crippen molar-refractivity contribution in [1.29, 1.82) is 0 Å². The Labute approximate surface area is 197 Å². The van der Waals surface area contributed by atoms with Gasteiger partial charge in [0.1, 0.15) is 28.4 Å². The van der Waals surface area contributed by atoms with Gasteiger partial charge in [0.2, 0.25) is 0 Å². The van der Waals surface area contributed by atoms with Gasteiger partial charge in [-0.15, -0.1) is 0 Å². The summed E-state index contributed by atoms with van der Waals surface area (Å²) in [6.07, 6.45) is -1.14. The van der Waals surface area contributed by atoms with Crippen molar-refractivity contribution < 1.29 is 19.1 Å². The van der Waals surface area contributed by atoms with Gasteiger partial charge in [0.15, 0.2) is 5.65 Å². The van der Waals surface area contributed by atoms with Crippen LogP contribution in [0.15, 0.2) is 36.4 Å². The van der Waals surface area contributed by atoms with Crippen LogP contribution in [-0.2, 0) is 9.47 Å². The number of nitrogens with two attached hydrogens (primary N) is 1.